The van der Waals surface area contributed by atoms with Gasteiger partial charge in [0.15, 0.2) is 0 Å². The molecule has 2 aromatic rings. The van der Waals surface area contributed by atoms with Gasteiger partial charge in [-0.3, -0.25) is 4.90 Å². The van der Waals surface area contributed by atoms with Crippen LogP contribution in [0.15, 0.2) is 54.6 Å². The van der Waals surface area contributed by atoms with Crippen LogP contribution in [0.3, 0.4) is 0 Å². The summed E-state index contributed by atoms with van der Waals surface area (Å²) in [6.07, 6.45) is 0.882. The number of benzene rings is 2. The minimum Gasteiger partial charge on any atom is -0.362 e. The molecular formula is C22H29N3. The first-order valence-electron chi connectivity index (χ1n) is 9.07. The van der Waals surface area contributed by atoms with Gasteiger partial charge in [0.05, 0.1) is 11.3 Å². The van der Waals surface area contributed by atoms with Crippen LogP contribution in [-0.4, -0.2) is 17.0 Å². The van der Waals surface area contributed by atoms with Crippen molar-refractivity contribution in [3.63, 3.8) is 0 Å². The predicted octanol–water partition coefficient (Wildman–Crippen LogP) is 5.35. The first kappa shape index (κ1) is 19.0. The second-order valence-electron chi connectivity index (χ2n) is 6.96. The highest BCUT2D eigenvalue weighted by molar-refractivity contribution is 5.59. The van der Waals surface area contributed by atoms with Gasteiger partial charge in [-0.25, -0.2) is 0 Å². The van der Waals surface area contributed by atoms with Gasteiger partial charge in [-0.2, -0.15) is 5.26 Å². The van der Waals surface area contributed by atoms with E-state index in [9.17, 15) is 5.26 Å². The lowest BCUT2D eigenvalue weighted by atomic mass is 9.90. The summed E-state index contributed by atoms with van der Waals surface area (Å²) in [5.41, 5.74) is 2.38. The van der Waals surface area contributed by atoms with Crippen LogP contribution in [0, 0.1) is 11.3 Å². The maximum atomic E-state index is 9.51. The monoisotopic (exact) mass is 335 g/mol. The van der Waals surface area contributed by atoms with Crippen LogP contribution in [0.5, 0.6) is 0 Å². The number of nitrogens with one attached hydrogen (secondary N) is 1. The molecule has 0 bridgehead atoms. The highest BCUT2D eigenvalue weighted by Crippen LogP contribution is 2.37. The summed E-state index contributed by atoms with van der Waals surface area (Å²) in [6.45, 7) is 11.1. The smallest absolute Gasteiger partial charge is 0.117 e. The van der Waals surface area contributed by atoms with E-state index >= 15 is 0 Å². The Morgan fingerprint density at radius 2 is 1.52 bits per heavy atom. The number of nitrogens with zero attached hydrogens (tertiary/aromatic N) is 2. The van der Waals surface area contributed by atoms with Gasteiger partial charge in [-0.1, -0.05) is 49.4 Å². The molecule has 0 aliphatic rings. The predicted molar refractivity (Wildman–Crippen MR) is 105 cm³/mol. The van der Waals surface area contributed by atoms with Crippen LogP contribution >= 0.6 is 0 Å². The average molecular weight is 335 g/mol. The van der Waals surface area contributed by atoms with Crippen molar-refractivity contribution >= 4 is 5.69 Å². The molecule has 3 nitrogen and oxygen atoms in total. The Bertz CT molecular complexity index is 708. The summed E-state index contributed by atoms with van der Waals surface area (Å²) in [7, 11) is 0. The highest BCUT2D eigenvalue weighted by Gasteiger charge is 2.40. The van der Waals surface area contributed by atoms with Crippen LogP contribution < -0.4 is 5.32 Å². The van der Waals surface area contributed by atoms with E-state index in [-0.39, 0.29) is 5.66 Å². The molecule has 132 valence electrons. The van der Waals surface area contributed by atoms with E-state index < -0.39 is 0 Å². The molecule has 0 saturated carbocycles. The lowest BCUT2D eigenvalue weighted by molar-refractivity contribution is 0.0386. The number of anilines is 1. The van der Waals surface area contributed by atoms with E-state index in [1.54, 1.807) is 0 Å². The highest BCUT2D eigenvalue weighted by atomic mass is 15.4. The third-order valence-electron chi connectivity index (χ3n) is 4.71. The average Bonchev–Trinajstić information content (AvgIpc) is 2.61. The Balaban J connectivity index is 2.65. The maximum Gasteiger partial charge on any atom is 0.117 e. The fourth-order valence-corrected chi connectivity index (χ4v) is 3.86. The Morgan fingerprint density at radius 3 is 2.04 bits per heavy atom. The largest absolute Gasteiger partial charge is 0.362 e. The topological polar surface area (TPSA) is 39.1 Å². The van der Waals surface area contributed by atoms with Crippen LogP contribution in [0.4, 0.5) is 5.69 Å². The summed E-state index contributed by atoms with van der Waals surface area (Å²) >= 11 is 0. The minimum absolute atomic E-state index is 0.349. The van der Waals surface area contributed by atoms with E-state index in [1.807, 2.05) is 30.3 Å². The van der Waals surface area contributed by atoms with Gasteiger partial charge in [0, 0.05) is 12.1 Å². The van der Waals surface area contributed by atoms with Crippen molar-refractivity contribution in [2.75, 3.05) is 5.32 Å². The van der Waals surface area contributed by atoms with Gasteiger partial charge in [0.1, 0.15) is 11.7 Å². The van der Waals surface area contributed by atoms with Crippen LogP contribution in [-0.2, 0) is 5.66 Å². The Hall–Kier alpha value is -2.31. The van der Waals surface area contributed by atoms with Crippen molar-refractivity contribution in [3.05, 3.63) is 65.7 Å². The first-order chi connectivity index (χ1) is 12.0. The minimum atomic E-state index is -0.378. The molecule has 1 atom stereocenters. The number of hydrogen-bond acceptors (Lipinski definition) is 3. The number of nitriles is 1. The molecule has 1 N–H and O–H groups in total. The van der Waals surface area contributed by atoms with Gasteiger partial charge in [0.25, 0.3) is 0 Å². The van der Waals surface area contributed by atoms with E-state index in [4.69, 9.17) is 0 Å². The lowest BCUT2D eigenvalue weighted by Gasteiger charge is -2.49. The molecule has 25 heavy (non-hydrogen) atoms. The van der Waals surface area contributed by atoms with E-state index in [1.165, 1.54) is 5.56 Å². The van der Waals surface area contributed by atoms with Gasteiger partial charge >= 0.3 is 0 Å². The molecule has 0 heterocycles. The molecule has 2 rings (SSSR count). The quantitative estimate of drug-likeness (QED) is 0.693. The molecule has 0 aliphatic carbocycles. The number of hydrogen-bond donors (Lipinski definition) is 1. The number of para-hydroxylation sites is 1. The van der Waals surface area contributed by atoms with Gasteiger partial charge in [-0.05, 0) is 51.8 Å². The molecule has 3 heteroatoms. The van der Waals surface area contributed by atoms with Crippen molar-refractivity contribution in [3.8, 4) is 6.07 Å². The normalized spacial score (nSPS) is 13.7. The first-order valence-corrected chi connectivity index (χ1v) is 9.07. The zero-order valence-electron chi connectivity index (χ0n) is 16.0. The second kappa shape index (κ2) is 8.18. The Labute approximate surface area is 152 Å². The second-order valence-corrected chi connectivity index (χ2v) is 6.96. The van der Waals surface area contributed by atoms with Gasteiger partial charge in [0.2, 0.25) is 0 Å². The third kappa shape index (κ3) is 3.86. The maximum absolute atomic E-state index is 9.51. The number of rotatable bonds is 7. The summed E-state index contributed by atoms with van der Waals surface area (Å²) in [4.78, 5) is 2.50. The molecule has 2 aromatic carbocycles. The van der Waals surface area contributed by atoms with Crippen molar-refractivity contribution in [2.45, 2.75) is 58.8 Å². The Kier molecular flexibility index (Phi) is 6.22. The van der Waals surface area contributed by atoms with Gasteiger partial charge < -0.3 is 5.32 Å². The van der Waals surface area contributed by atoms with Crippen molar-refractivity contribution < 1.29 is 0 Å². The summed E-state index contributed by atoms with van der Waals surface area (Å²) in [5.74, 6) is 0. The van der Waals surface area contributed by atoms with Gasteiger partial charge in [-0.15, -0.1) is 0 Å². The summed E-state index contributed by atoms with van der Waals surface area (Å²) in [6, 6.07) is 21.3. The summed E-state index contributed by atoms with van der Waals surface area (Å²) < 4.78 is 0. The van der Waals surface area contributed by atoms with E-state index in [0.29, 0.717) is 17.6 Å². The summed E-state index contributed by atoms with van der Waals surface area (Å²) in [5, 5.41) is 13.3. The Morgan fingerprint density at radius 1 is 0.960 bits per heavy atom. The standard InChI is InChI=1S/C22H29N3/c1-6-22(20-13-8-7-9-14-20,25(17(2)3)18(4)5)24-21-15-11-10-12-19(21)16-23/h7-15,17-18,24H,6H2,1-5H3. The van der Waals surface area contributed by atoms with Crippen molar-refractivity contribution in [1.29, 1.82) is 5.26 Å². The molecule has 0 amide bonds. The molecule has 0 fully saturated rings. The lowest BCUT2D eigenvalue weighted by Crippen LogP contribution is -2.57. The van der Waals surface area contributed by atoms with Crippen LogP contribution in [0.2, 0.25) is 0 Å². The SMILES string of the molecule is CCC(Nc1ccccc1C#N)(c1ccccc1)N(C(C)C)C(C)C. The molecule has 0 radical (unpaired) electrons. The fourth-order valence-electron chi connectivity index (χ4n) is 3.86. The van der Waals surface area contributed by atoms with E-state index in [2.05, 4.69) is 75.2 Å². The fraction of sp³-hybridized carbons (Fsp3) is 0.409. The molecule has 0 aromatic heterocycles. The molecule has 0 saturated heterocycles. The molecule has 1 unspecified atom stereocenters. The molecule has 0 aliphatic heterocycles. The van der Waals surface area contributed by atoms with Crippen molar-refractivity contribution in [1.82, 2.24) is 4.90 Å². The third-order valence-corrected chi connectivity index (χ3v) is 4.71. The zero-order valence-corrected chi connectivity index (χ0v) is 16.0. The van der Waals surface area contributed by atoms with Crippen LogP contribution in [0.1, 0.15) is 52.2 Å². The van der Waals surface area contributed by atoms with E-state index in [0.717, 1.165) is 12.1 Å². The van der Waals surface area contributed by atoms with Crippen LogP contribution in [0.25, 0.3) is 0 Å². The molecular weight excluding hydrogens is 306 g/mol. The van der Waals surface area contributed by atoms with Crippen molar-refractivity contribution in [2.24, 2.45) is 0 Å². The zero-order chi connectivity index (χ0) is 18.4. The molecule has 0 spiro atoms.